The second-order valence-electron chi connectivity index (χ2n) is 7.68. The molecule has 2 aliphatic heterocycles. The van der Waals surface area contributed by atoms with Gasteiger partial charge in [-0.25, -0.2) is 0 Å². The normalized spacial score (nSPS) is 31.9. The number of nitrogens with zero attached hydrogens (tertiary/aromatic N) is 4. The van der Waals surface area contributed by atoms with Gasteiger partial charge in [-0.2, -0.15) is 15.8 Å². The van der Waals surface area contributed by atoms with Crippen LogP contribution in [0.15, 0.2) is 48.7 Å². The summed E-state index contributed by atoms with van der Waals surface area (Å²) in [5.41, 5.74) is -2.22. The lowest BCUT2D eigenvalue weighted by molar-refractivity contribution is -0.273. The molecule has 2 saturated heterocycles. The Labute approximate surface area is 168 Å². The van der Waals surface area contributed by atoms with Gasteiger partial charge in [-0.3, -0.25) is 5.41 Å². The van der Waals surface area contributed by atoms with Gasteiger partial charge in [0, 0.05) is 25.9 Å². The van der Waals surface area contributed by atoms with Gasteiger partial charge in [0.2, 0.25) is 17.1 Å². The summed E-state index contributed by atoms with van der Waals surface area (Å²) < 4.78 is 13.8. The number of ether oxygens (including phenoxy) is 2. The van der Waals surface area contributed by atoms with Gasteiger partial charge in [-0.15, -0.1) is 0 Å². The fourth-order valence-corrected chi connectivity index (χ4v) is 4.75. The standard InChI is InChI=1S/C22H19N5O2/c1-20-17(11-15-7-4-3-5-8-15)22(14-25,19(26)29-20)21(12-23,13-24)18(28-20)16-9-6-10-27(16)2/h3-10,17-18,26H,11H2,1-2H3. The molecule has 2 fully saturated rings. The van der Waals surface area contributed by atoms with Crippen LogP contribution in [0.2, 0.25) is 0 Å². The van der Waals surface area contributed by atoms with Gasteiger partial charge in [-0.1, -0.05) is 30.3 Å². The fourth-order valence-electron chi connectivity index (χ4n) is 4.75. The maximum Gasteiger partial charge on any atom is 0.215 e. The monoisotopic (exact) mass is 385 g/mol. The highest BCUT2D eigenvalue weighted by Crippen LogP contribution is 2.66. The Kier molecular flexibility index (Phi) is 4.01. The number of rotatable bonds is 3. The molecule has 0 amide bonds. The second kappa shape index (κ2) is 6.21. The van der Waals surface area contributed by atoms with Crippen LogP contribution >= 0.6 is 0 Å². The molecular weight excluding hydrogens is 366 g/mol. The number of hydrogen-bond donors (Lipinski definition) is 1. The number of aryl methyl sites for hydroxylation is 1. The number of nitrogens with one attached hydrogen (secondary N) is 1. The first-order valence-corrected chi connectivity index (χ1v) is 9.23. The third-order valence-electron chi connectivity index (χ3n) is 6.25. The van der Waals surface area contributed by atoms with Crippen molar-refractivity contribution in [3.63, 3.8) is 0 Å². The van der Waals surface area contributed by atoms with Gasteiger partial charge in [0.05, 0.1) is 24.1 Å². The SMILES string of the molecule is Cn1cccc1C1OC2(C)OC(=N)C(C#N)(C2Cc2ccccc2)C1(C#N)C#N. The number of aromatic nitrogens is 1. The highest BCUT2D eigenvalue weighted by molar-refractivity contribution is 5.89. The van der Waals surface area contributed by atoms with Crippen LogP contribution in [-0.4, -0.2) is 16.3 Å². The Bertz CT molecular complexity index is 1090. The van der Waals surface area contributed by atoms with Crippen molar-refractivity contribution in [2.45, 2.75) is 25.2 Å². The Balaban J connectivity index is 1.96. The molecule has 3 heterocycles. The van der Waals surface area contributed by atoms with Gasteiger partial charge in [0.1, 0.15) is 6.10 Å². The molecule has 0 spiro atoms. The smallest absolute Gasteiger partial charge is 0.215 e. The van der Waals surface area contributed by atoms with Crippen molar-refractivity contribution in [1.29, 1.82) is 21.2 Å². The van der Waals surface area contributed by atoms with Crippen molar-refractivity contribution < 1.29 is 9.47 Å². The first kappa shape index (κ1) is 18.7. The minimum absolute atomic E-state index is 0.332. The lowest BCUT2D eigenvalue weighted by Gasteiger charge is -2.48. The van der Waals surface area contributed by atoms with E-state index in [0.717, 1.165) is 5.56 Å². The number of hydrogen-bond acceptors (Lipinski definition) is 6. The molecule has 2 aliphatic rings. The molecule has 0 aliphatic carbocycles. The highest BCUT2D eigenvalue weighted by Gasteiger charge is 2.79. The summed E-state index contributed by atoms with van der Waals surface area (Å²) in [6, 6.07) is 19.3. The van der Waals surface area contributed by atoms with Crippen LogP contribution in [0.1, 0.15) is 24.3 Å². The number of benzene rings is 1. The summed E-state index contributed by atoms with van der Waals surface area (Å²) in [5.74, 6) is -2.41. The van der Waals surface area contributed by atoms with E-state index >= 15 is 0 Å². The molecule has 2 bridgehead atoms. The average Bonchev–Trinajstić information content (AvgIpc) is 3.21. The highest BCUT2D eigenvalue weighted by atomic mass is 16.7. The van der Waals surface area contributed by atoms with Crippen LogP contribution in [0.3, 0.4) is 0 Å². The topological polar surface area (TPSA) is 119 Å². The van der Waals surface area contributed by atoms with Crippen LogP contribution in [0, 0.1) is 56.2 Å². The van der Waals surface area contributed by atoms with E-state index in [1.54, 1.807) is 36.9 Å². The number of fused-ring (bicyclic) bond motifs is 2. The minimum atomic E-state index is -1.94. The van der Waals surface area contributed by atoms with Crippen LogP contribution in [0.4, 0.5) is 0 Å². The van der Waals surface area contributed by atoms with E-state index in [0.29, 0.717) is 12.1 Å². The lowest BCUT2D eigenvalue weighted by Crippen LogP contribution is -2.59. The van der Waals surface area contributed by atoms with Crippen LogP contribution in [0.25, 0.3) is 0 Å². The van der Waals surface area contributed by atoms with Gasteiger partial charge in [0.25, 0.3) is 0 Å². The van der Waals surface area contributed by atoms with Gasteiger partial charge < -0.3 is 14.0 Å². The van der Waals surface area contributed by atoms with Crippen molar-refractivity contribution >= 4 is 5.90 Å². The van der Waals surface area contributed by atoms with Crippen molar-refractivity contribution in [2.24, 2.45) is 23.8 Å². The zero-order valence-corrected chi connectivity index (χ0v) is 16.1. The Morgan fingerprint density at radius 1 is 1.07 bits per heavy atom. The molecule has 1 aromatic carbocycles. The summed E-state index contributed by atoms with van der Waals surface area (Å²) in [4.78, 5) is 0. The largest absolute Gasteiger partial charge is 0.448 e. The first-order valence-electron chi connectivity index (χ1n) is 9.23. The molecule has 1 aromatic heterocycles. The van der Waals surface area contributed by atoms with Crippen molar-refractivity contribution in [3.05, 3.63) is 59.9 Å². The Hall–Kier alpha value is -3.60. The zero-order chi connectivity index (χ0) is 20.9. The molecular formula is C22H19N5O2. The third-order valence-corrected chi connectivity index (χ3v) is 6.25. The van der Waals surface area contributed by atoms with E-state index in [9.17, 15) is 15.8 Å². The van der Waals surface area contributed by atoms with Crippen LogP contribution in [-0.2, 0) is 22.9 Å². The fraction of sp³-hybridized carbons (Fsp3) is 0.364. The van der Waals surface area contributed by atoms with Crippen molar-refractivity contribution in [3.8, 4) is 18.2 Å². The molecule has 7 heteroatoms. The second-order valence-corrected chi connectivity index (χ2v) is 7.68. The molecule has 1 N–H and O–H groups in total. The molecule has 4 atom stereocenters. The molecule has 7 nitrogen and oxygen atoms in total. The van der Waals surface area contributed by atoms with Gasteiger partial charge >= 0.3 is 0 Å². The molecule has 29 heavy (non-hydrogen) atoms. The molecule has 144 valence electrons. The van der Waals surface area contributed by atoms with Gasteiger partial charge in [0.15, 0.2) is 5.41 Å². The first-order chi connectivity index (χ1) is 13.9. The summed E-state index contributed by atoms with van der Waals surface area (Å²) in [6.45, 7) is 1.68. The molecule has 0 radical (unpaired) electrons. The van der Waals surface area contributed by atoms with Gasteiger partial charge in [-0.05, 0) is 24.1 Å². The summed E-state index contributed by atoms with van der Waals surface area (Å²) in [7, 11) is 1.78. The van der Waals surface area contributed by atoms with E-state index in [1.165, 1.54) is 0 Å². The predicted molar refractivity (Wildman–Crippen MR) is 102 cm³/mol. The van der Waals surface area contributed by atoms with Crippen LogP contribution < -0.4 is 0 Å². The van der Waals surface area contributed by atoms with Crippen molar-refractivity contribution in [1.82, 2.24) is 4.57 Å². The Morgan fingerprint density at radius 2 is 1.76 bits per heavy atom. The van der Waals surface area contributed by atoms with Crippen LogP contribution in [0.5, 0.6) is 0 Å². The van der Waals surface area contributed by atoms with E-state index in [4.69, 9.17) is 14.9 Å². The molecule has 4 unspecified atom stereocenters. The minimum Gasteiger partial charge on any atom is -0.448 e. The maximum atomic E-state index is 10.3. The zero-order valence-electron chi connectivity index (χ0n) is 16.1. The number of nitriles is 3. The average molecular weight is 385 g/mol. The van der Waals surface area contributed by atoms with E-state index in [1.807, 2.05) is 30.3 Å². The molecule has 2 aromatic rings. The van der Waals surface area contributed by atoms with E-state index in [-0.39, 0.29) is 5.90 Å². The third kappa shape index (κ3) is 2.21. The quantitative estimate of drug-likeness (QED) is 0.870. The lowest BCUT2D eigenvalue weighted by atomic mass is 9.53. The summed E-state index contributed by atoms with van der Waals surface area (Å²) in [6.07, 6.45) is 1.07. The maximum absolute atomic E-state index is 10.3. The van der Waals surface area contributed by atoms with E-state index < -0.39 is 28.6 Å². The van der Waals surface area contributed by atoms with E-state index in [2.05, 4.69) is 18.2 Å². The summed E-state index contributed by atoms with van der Waals surface area (Å²) >= 11 is 0. The Morgan fingerprint density at radius 3 is 2.31 bits per heavy atom. The molecule has 4 rings (SSSR count). The summed E-state index contributed by atoms with van der Waals surface area (Å²) in [5, 5.41) is 39.4. The predicted octanol–water partition coefficient (Wildman–Crippen LogP) is 3.22. The van der Waals surface area contributed by atoms with Crippen molar-refractivity contribution in [2.75, 3.05) is 0 Å². The molecule has 0 saturated carbocycles.